The number of hydrogen-bond donors (Lipinski definition) is 0. The number of carbonyl (C=O) groups is 1. The monoisotopic (exact) mass is 236 g/mol. The smallest absolute Gasteiger partial charge is 0.240 e. The van der Waals surface area contributed by atoms with E-state index in [0.29, 0.717) is 13.2 Å². The van der Waals surface area contributed by atoms with E-state index < -0.39 is 5.92 Å². The van der Waals surface area contributed by atoms with E-state index in [1.54, 1.807) is 0 Å². The number of nitrogens with zero attached hydrogens (tertiary/aromatic N) is 2. The van der Waals surface area contributed by atoms with Crippen LogP contribution in [0.2, 0.25) is 0 Å². The number of morpholine rings is 1. The molecule has 94 valence electrons. The predicted molar refractivity (Wildman–Crippen MR) is 63.0 cm³/mol. The third-order valence-electron chi connectivity index (χ3n) is 3.84. The first-order valence-electron chi connectivity index (χ1n) is 6.47. The van der Waals surface area contributed by atoms with Crippen LogP contribution in [-0.4, -0.2) is 36.1 Å². The third kappa shape index (κ3) is 2.30. The van der Waals surface area contributed by atoms with E-state index in [4.69, 9.17) is 10.00 Å². The van der Waals surface area contributed by atoms with Crippen molar-refractivity contribution >= 4 is 5.91 Å². The molecule has 0 radical (unpaired) electrons. The van der Waals surface area contributed by atoms with Crippen LogP contribution in [0.5, 0.6) is 0 Å². The summed E-state index contributed by atoms with van der Waals surface area (Å²) in [7, 11) is 0. The van der Waals surface area contributed by atoms with Gasteiger partial charge in [0.15, 0.2) is 0 Å². The molecule has 3 atom stereocenters. The molecular weight excluding hydrogens is 216 g/mol. The molecule has 0 aromatic rings. The van der Waals surface area contributed by atoms with E-state index in [9.17, 15) is 4.79 Å². The summed E-state index contributed by atoms with van der Waals surface area (Å²) in [4.78, 5) is 14.3. The van der Waals surface area contributed by atoms with Crippen LogP contribution < -0.4 is 0 Å². The van der Waals surface area contributed by atoms with E-state index in [1.807, 2.05) is 18.7 Å². The van der Waals surface area contributed by atoms with Gasteiger partial charge in [-0.1, -0.05) is 13.8 Å². The van der Waals surface area contributed by atoms with Gasteiger partial charge in [-0.15, -0.1) is 0 Å². The zero-order valence-electron chi connectivity index (χ0n) is 10.6. The largest absolute Gasteiger partial charge is 0.374 e. The number of fused-ring (bicyclic) bond motifs is 1. The fourth-order valence-corrected chi connectivity index (χ4v) is 2.87. The Morgan fingerprint density at radius 3 is 2.88 bits per heavy atom. The van der Waals surface area contributed by atoms with Crippen molar-refractivity contribution < 1.29 is 9.53 Å². The Morgan fingerprint density at radius 1 is 1.47 bits per heavy atom. The minimum Gasteiger partial charge on any atom is -0.374 e. The summed E-state index contributed by atoms with van der Waals surface area (Å²) in [5.41, 5.74) is 0. The molecule has 1 aliphatic heterocycles. The number of amides is 1. The minimum absolute atomic E-state index is 0.00250. The van der Waals surface area contributed by atoms with E-state index in [0.717, 1.165) is 19.3 Å². The highest BCUT2D eigenvalue weighted by Crippen LogP contribution is 2.31. The second-order valence-corrected chi connectivity index (χ2v) is 5.29. The summed E-state index contributed by atoms with van der Waals surface area (Å²) < 4.78 is 5.68. The van der Waals surface area contributed by atoms with E-state index in [2.05, 4.69) is 6.07 Å². The predicted octanol–water partition coefficient (Wildman–Crippen LogP) is 1.56. The molecule has 0 aromatic carbocycles. The maximum atomic E-state index is 12.4. The Kier molecular flexibility index (Phi) is 3.68. The van der Waals surface area contributed by atoms with Crippen molar-refractivity contribution in [3.63, 3.8) is 0 Å². The maximum absolute atomic E-state index is 12.4. The van der Waals surface area contributed by atoms with Crippen LogP contribution in [0.4, 0.5) is 0 Å². The van der Waals surface area contributed by atoms with Crippen LogP contribution in [0.3, 0.4) is 0 Å². The highest BCUT2D eigenvalue weighted by molar-refractivity contribution is 5.82. The maximum Gasteiger partial charge on any atom is 0.240 e. The second kappa shape index (κ2) is 5.05. The SMILES string of the molecule is CC(C)C(C#N)C(=O)N1CCOC2CCCC21. The summed E-state index contributed by atoms with van der Waals surface area (Å²) >= 11 is 0. The van der Waals surface area contributed by atoms with Crippen LogP contribution in [0.25, 0.3) is 0 Å². The van der Waals surface area contributed by atoms with Crippen molar-refractivity contribution in [3.8, 4) is 6.07 Å². The molecule has 2 fully saturated rings. The molecule has 2 aliphatic rings. The molecule has 1 aliphatic carbocycles. The molecule has 1 amide bonds. The van der Waals surface area contributed by atoms with Crippen LogP contribution >= 0.6 is 0 Å². The molecule has 1 saturated heterocycles. The molecule has 0 N–H and O–H groups in total. The molecule has 1 saturated carbocycles. The van der Waals surface area contributed by atoms with Crippen LogP contribution in [0, 0.1) is 23.2 Å². The Balaban J connectivity index is 2.10. The van der Waals surface area contributed by atoms with Crippen molar-refractivity contribution in [1.29, 1.82) is 5.26 Å². The molecule has 4 nitrogen and oxygen atoms in total. The zero-order valence-corrected chi connectivity index (χ0v) is 10.6. The first-order chi connectivity index (χ1) is 8.15. The first-order valence-corrected chi connectivity index (χ1v) is 6.47. The van der Waals surface area contributed by atoms with Gasteiger partial charge < -0.3 is 9.64 Å². The molecule has 4 heteroatoms. The van der Waals surface area contributed by atoms with Gasteiger partial charge in [0.1, 0.15) is 5.92 Å². The van der Waals surface area contributed by atoms with Crippen molar-refractivity contribution in [3.05, 3.63) is 0 Å². The number of nitriles is 1. The van der Waals surface area contributed by atoms with Gasteiger partial charge in [0, 0.05) is 6.54 Å². The Hall–Kier alpha value is -1.08. The fourth-order valence-electron chi connectivity index (χ4n) is 2.87. The number of carbonyl (C=O) groups excluding carboxylic acids is 1. The normalized spacial score (nSPS) is 29.9. The van der Waals surface area contributed by atoms with Gasteiger partial charge in [-0.2, -0.15) is 5.26 Å². The molecule has 1 heterocycles. The summed E-state index contributed by atoms with van der Waals surface area (Å²) in [5, 5.41) is 9.11. The highest BCUT2D eigenvalue weighted by atomic mass is 16.5. The standard InChI is InChI=1S/C13H20N2O2/c1-9(2)10(8-14)13(16)15-6-7-17-12-5-3-4-11(12)15/h9-12H,3-7H2,1-2H3. The van der Waals surface area contributed by atoms with Gasteiger partial charge >= 0.3 is 0 Å². The Bertz CT molecular complexity index is 335. The van der Waals surface area contributed by atoms with Crippen molar-refractivity contribution in [1.82, 2.24) is 4.90 Å². The van der Waals surface area contributed by atoms with Crippen LogP contribution in [-0.2, 0) is 9.53 Å². The topological polar surface area (TPSA) is 53.3 Å². The van der Waals surface area contributed by atoms with Gasteiger partial charge in [-0.3, -0.25) is 4.79 Å². The van der Waals surface area contributed by atoms with Crippen molar-refractivity contribution in [2.45, 2.75) is 45.3 Å². The molecule has 0 bridgehead atoms. The first kappa shape index (κ1) is 12.4. The quantitative estimate of drug-likeness (QED) is 0.731. The lowest BCUT2D eigenvalue weighted by Crippen LogP contribution is -2.53. The number of hydrogen-bond acceptors (Lipinski definition) is 3. The molecule has 17 heavy (non-hydrogen) atoms. The molecule has 2 rings (SSSR count). The Labute approximate surface area is 103 Å². The summed E-state index contributed by atoms with van der Waals surface area (Å²) in [5.74, 6) is -0.424. The van der Waals surface area contributed by atoms with E-state index >= 15 is 0 Å². The number of ether oxygens (including phenoxy) is 1. The van der Waals surface area contributed by atoms with Crippen molar-refractivity contribution in [2.75, 3.05) is 13.2 Å². The average Bonchev–Trinajstić information content (AvgIpc) is 2.76. The lowest BCUT2D eigenvalue weighted by Gasteiger charge is -2.39. The molecular formula is C13H20N2O2. The lowest BCUT2D eigenvalue weighted by atomic mass is 9.94. The summed E-state index contributed by atoms with van der Waals surface area (Å²) in [6.45, 7) is 5.12. The highest BCUT2D eigenvalue weighted by Gasteiger charge is 2.40. The van der Waals surface area contributed by atoms with Gasteiger partial charge in [-0.05, 0) is 25.2 Å². The van der Waals surface area contributed by atoms with Gasteiger partial charge in [0.2, 0.25) is 5.91 Å². The molecule has 3 unspecified atom stereocenters. The van der Waals surface area contributed by atoms with Crippen LogP contribution in [0.1, 0.15) is 33.1 Å². The Morgan fingerprint density at radius 2 is 2.24 bits per heavy atom. The average molecular weight is 236 g/mol. The van der Waals surface area contributed by atoms with Gasteiger partial charge in [0.05, 0.1) is 24.8 Å². The third-order valence-corrected chi connectivity index (χ3v) is 3.84. The summed E-state index contributed by atoms with van der Waals surface area (Å²) in [6, 6.07) is 2.36. The van der Waals surface area contributed by atoms with E-state index in [-0.39, 0.29) is 24.0 Å². The minimum atomic E-state index is -0.505. The molecule has 0 aromatic heterocycles. The van der Waals surface area contributed by atoms with Gasteiger partial charge in [-0.25, -0.2) is 0 Å². The van der Waals surface area contributed by atoms with Crippen LogP contribution in [0.15, 0.2) is 0 Å². The molecule has 0 spiro atoms. The van der Waals surface area contributed by atoms with E-state index in [1.165, 1.54) is 0 Å². The van der Waals surface area contributed by atoms with Crippen molar-refractivity contribution in [2.24, 2.45) is 11.8 Å². The summed E-state index contributed by atoms with van der Waals surface area (Å²) in [6.07, 6.45) is 3.40. The lowest BCUT2D eigenvalue weighted by molar-refractivity contribution is -0.147. The second-order valence-electron chi connectivity index (χ2n) is 5.29. The number of rotatable bonds is 2. The fraction of sp³-hybridized carbons (Fsp3) is 0.846. The van der Waals surface area contributed by atoms with Gasteiger partial charge in [0.25, 0.3) is 0 Å². The zero-order chi connectivity index (χ0) is 12.4.